The van der Waals surface area contributed by atoms with E-state index in [-0.39, 0.29) is 12.5 Å². The van der Waals surface area contributed by atoms with Crippen LogP contribution < -0.4 is 5.32 Å². The van der Waals surface area contributed by atoms with E-state index in [2.05, 4.69) is 12.2 Å². The topological polar surface area (TPSA) is 49.3 Å². The number of nitrogens with one attached hydrogen (secondary N) is 1. The molecule has 1 atom stereocenters. The van der Waals surface area contributed by atoms with Gasteiger partial charge in [-0.2, -0.15) is 11.8 Å². The van der Waals surface area contributed by atoms with Gasteiger partial charge in [-0.05, 0) is 30.4 Å². The maximum absolute atomic E-state index is 11.6. The van der Waals surface area contributed by atoms with Crippen molar-refractivity contribution in [2.45, 2.75) is 25.7 Å². The summed E-state index contributed by atoms with van der Waals surface area (Å²) in [7, 11) is 0. The highest BCUT2D eigenvalue weighted by molar-refractivity contribution is 7.98. The zero-order valence-electron chi connectivity index (χ0n) is 10.3. The molecule has 0 bridgehead atoms. The molecule has 1 rings (SSSR count). The molecule has 4 heteroatoms. The lowest BCUT2D eigenvalue weighted by Crippen LogP contribution is -2.30. The summed E-state index contributed by atoms with van der Waals surface area (Å²) in [6, 6.07) is 7.59. The Hall–Kier alpha value is -1.00. The van der Waals surface area contributed by atoms with Crippen LogP contribution >= 0.6 is 11.8 Å². The number of rotatable bonds is 6. The fourth-order valence-corrected chi connectivity index (χ4v) is 1.95. The average molecular weight is 253 g/mol. The number of hydrogen-bond acceptors (Lipinski definition) is 3. The van der Waals surface area contributed by atoms with Crippen LogP contribution in [0.2, 0.25) is 0 Å². The normalized spacial score (nSPS) is 12.2. The molecule has 3 nitrogen and oxygen atoms in total. The van der Waals surface area contributed by atoms with Gasteiger partial charge in [0.1, 0.15) is 0 Å². The van der Waals surface area contributed by atoms with Gasteiger partial charge in [0, 0.05) is 17.9 Å². The molecule has 0 saturated heterocycles. The Labute approximate surface area is 107 Å². The molecule has 1 aromatic rings. The average Bonchev–Trinajstić information content (AvgIpc) is 2.34. The zero-order valence-corrected chi connectivity index (χ0v) is 11.1. The van der Waals surface area contributed by atoms with Crippen molar-refractivity contribution in [3.05, 3.63) is 35.4 Å². The molecule has 0 aliphatic carbocycles. The Balaban J connectivity index is 2.51. The van der Waals surface area contributed by atoms with Crippen LogP contribution in [0, 0.1) is 0 Å². The molecule has 0 aromatic heterocycles. The number of hydrogen-bond donors (Lipinski definition) is 2. The van der Waals surface area contributed by atoms with Gasteiger partial charge in [-0.1, -0.05) is 19.1 Å². The highest BCUT2D eigenvalue weighted by atomic mass is 32.2. The van der Waals surface area contributed by atoms with Crippen LogP contribution in [0.4, 0.5) is 0 Å². The SMILES string of the molecule is CCSCc1ccc(C(=O)NCC(C)O)cc1. The van der Waals surface area contributed by atoms with Gasteiger partial charge in [0.05, 0.1) is 6.10 Å². The van der Waals surface area contributed by atoms with Gasteiger partial charge in [0.15, 0.2) is 0 Å². The fraction of sp³-hybridized carbons (Fsp3) is 0.462. The third kappa shape index (κ3) is 5.24. The lowest BCUT2D eigenvalue weighted by Gasteiger charge is -2.07. The van der Waals surface area contributed by atoms with E-state index in [9.17, 15) is 4.79 Å². The summed E-state index contributed by atoms with van der Waals surface area (Å²) in [5, 5.41) is 11.7. The summed E-state index contributed by atoms with van der Waals surface area (Å²) in [5.41, 5.74) is 1.86. The summed E-state index contributed by atoms with van der Waals surface area (Å²) in [6.07, 6.45) is -0.515. The zero-order chi connectivity index (χ0) is 12.7. The van der Waals surface area contributed by atoms with Crippen LogP contribution in [0.3, 0.4) is 0 Å². The quantitative estimate of drug-likeness (QED) is 0.816. The van der Waals surface area contributed by atoms with E-state index in [0.717, 1.165) is 11.5 Å². The van der Waals surface area contributed by atoms with Gasteiger partial charge in [-0.15, -0.1) is 0 Å². The predicted octanol–water partition coefficient (Wildman–Crippen LogP) is 2.05. The summed E-state index contributed by atoms with van der Waals surface area (Å²) in [5.74, 6) is 1.93. The van der Waals surface area contributed by atoms with Crippen LogP contribution in [0.15, 0.2) is 24.3 Å². The van der Waals surface area contributed by atoms with Gasteiger partial charge < -0.3 is 10.4 Å². The molecule has 0 aliphatic rings. The summed E-state index contributed by atoms with van der Waals surface area (Å²) in [6.45, 7) is 4.06. The van der Waals surface area contributed by atoms with E-state index < -0.39 is 6.10 Å². The van der Waals surface area contributed by atoms with E-state index in [1.165, 1.54) is 5.56 Å². The maximum atomic E-state index is 11.6. The molecular formula is C13H19NO2S. The molecule has 0 heterocycles. The van der Waals surface area contributed by atoms with Gasteiger partial charge >= 0.3 is 0 Å². The van der Waals surface area contributed by atoms with Gasteiger partial charge in [-0.25, -0.2) is 0 Å². The standard InChI is InChI=1S/C13H19NO2S/c1-3-17-9-11-4-6-12(7-5-11)13(16)14-8-10(2)15/h4-7,10,15H,3,8-9H2,1-2H3,(H,14,16). The second-order valence-corrected chi connectivity index (χ2v) is 5.17. The molecule has 1 aromatic carbocycles. The number of thioether (sulfide) groups is 1. The van der Waals surface area contributed by atoms with Crippen molar-refractivity contribution in [2.24, 2.45) is 0 Å². The molecule has 2 N–H and O–H groups in total. The Morgan fingerprint density at radius 1 is 1.41 bits per heavy atom. The third-order valence-corrected chi connectivity index (χ3v) is 3.19. The monoisotopic (exact) mass is 253 g/mol. The number of amides is 1. The first kappa shape index (κ1) is 14.1. The molecule has 0 radical (unpaired) electrons. The second kappa shape index (κ2) is 7.35. The number of benzene rings is 1. The van der Waals surface area contributed by atoms with Crippen molar-refractivity contribution in [3.63, 3.8) is 0 Å². The fourth-order valence-electron chi connectivity index (χ4n) is 1.31. The lowest BCUT2D eigenvalue weighted by molar-refractivity contribution is 0.0924. The van der Waals surface area contributed by atoms with E-state index in [1.807, 2.05) is 36.0 Å². The Bertz CT molecular complexity index is 349. The van der Waals surface area contributed by atoms with E-state index in [4.69, 9.17) is 5.11 Å². The highest BCUT2D eigenvalue weighted by Crippen LogP contribution is 2.12. The Kier molecular flexibility index (Phi) is 6.08. The van der Waals surface area contributed by atoms with Crippen LogP contribution in [0.1, 0.15) is 29.8 Å². The number of carbonyl (C=O) groups is 1. The molecule has 1 amide bonds. The van der Waals surface area contributed by atoms with Crippen LogP contribution in [0.5, 0.6) is 0 Å². The van der Waals surface area contributed by atoms with Crippen LogP contribution in [0.25, 0.3) is 0 Å². The Morgan fingerprint density at radius 3 is 2.59 bits per heavy atom. The molecule has 94 valence electrons. The van der Waals surface area contributed by atoms with E-state index in [1.54, 1.807) is 6.92 Å². The van der Waals surface area contributed by atoms with E-state index >= 15 is 0 Å². The van der Waals surface area contributed by atoms with Crippen molar-refractivity contribution in [1.82, 2.24) is 5.32 Å². The minimum absolute atomic E-state index is 0.138. The van der Waals surface area contributed by atoms with Crippen LogP contribution in [-0.2, 0) is 5.75 Å². The number of aliphatic hydroxyl groups excluding tert-OH is 1. The lowest BCUT2D eigenvalue weighted by atomic mass is 10.1. The molecule has 0 fully saturated rings. The molecule has 0 spiro atoms. The molecule has 17 heavy (non-hydrogen) atoms. The first-order valence-electron chi connectivity index (χ1n) is 5.76. The Morgan fingerprint density at radius 2 is 2.06 bits per heavy atom. The first-order chi connectivity index (χ1) is 8.13. The molecule has 1 unspecified atom stereocenters. The van der Waals surface area contributed by atoms with Crippen molar-refractivity contribution in [1.29, 1.82) is 0 Å². The van der Waals surface area contributed by atoms with Gasteiger partial charge in [-0.3, -0.25) is 4.79 Å². The summed E-state index contributed by atoms with van der Waals surface area (Å²) in [4.78, 5) is 11.6. The van der Waals surface area contributed by atoms with Gasteiger partial charge in [0.2, 0.25) is 0 Å². The third-order valence-electron chi connectivity index (χ3n) is 2.25. The number of carbonyl (C=O) groups excluding carboxylic acids is 1. The first-order valence-corrected chi connectivity index (χ1v) is 6.92. The van der Waals surface area contributed by atoms with Crippen LogP contribution in [-0.4, -0.2) is 29.4 Å². The summed E-state index contributed by atoms with van der Waals surface area (Å²) < 4.78 is 0. The molecule has 0 aliphatic heterocycles. The second-order valence-electron chi connectivity index (χ2n) is 3.89. The highest BCUT2D eigenvalue weighted by Gasteiger charge is 2.05. The minimum atomic E-state index is -0.515. The summed E-state index contributed by atoms with van der Waals surface area (Å²) >= 11 is 1.86. The smallest absolute Gasteiger partial charge is 0.251 e. The van der Waals surface area contributed by atoms with Crippen molar-refractivity contribution >= 4 is 17.7 Å². The van der Waals surface area contributed by atoms with Crippen molar-refractivity contribution in [2.75, 3.05) is 12.3 Å². The predicted molar refractivity (Wildman–Crippen MR) is 72.3 cm³/mol. The molecule has 0 saturated carbocycles. The number of aliphatic hydroxyl groups is 1. The van der Waals surface area contributed by atoms with E-state index in [0.29, 0.717) is 5.56 Å². The van der Waals surface area contributed by atoms with Gasteiger partial charge in [0.25, 0.3) is 5.91 Å². The van der Waals surface area contributed by atoms with Crippen molar-refractivity contribution in [3.8, 4) is 0 Å². The maximum Gasteiger partial charge on any atom is 0.251 e. The van der Waals surface area contributed by atoms with Crippen molar-refractivity contribution < 1.29 is 9.90 Å². The molecular weight excluding hydrogens is 234 g/mol. The largest absolute Gasteiger partial charge is 0.392 e. The minimum Gasteiger partial charge on any atom is -0.392 e.